The molecule has 0 atom stereocenters. The number of alkyl halides is 3. The van der Waals surface area contributed by atoms with E-state index in [9.17, 15) is 30.7 Å². The normalized spacial score (nSPS) is 13.3. The Kier molecular flexibility index (Phi) is 4.29. The zero-order valence-corrected chi connectivity index (χ0v) is 14.4. The van der Waals surface area contributed by atoms with E-state index in [1.165, 1.54) is 36.0 Å². The van der Waals surface area contributed by atoms with E-state index < -0.39 is 40.7 Å². The largest absolute Gasteiger partial charge is 0.422 e. The van der Waals surface area contributed by atoms with Crippen LogP contribution in [0.1, 0.15) is 5.56 Å². The lowest BCUT2D eigenvalue weighted by Gasteiger charge is -2.33. The van der Waals surface area contributed by atoms with Crippen LogP contribution in [-0.2, 0) is 6.18 Å². The van der Waals surface area contributed by atoms with Crippen LogP contribution in [0.2, 0.25) is 0 Å². The van der Waals surface area contributed by atoms with Gasteiger partial charge >= 0.3 is 6.18 Å². The number of fused-ring (bicyclic) bond motifs is 2. The Morgan fingerprint density at radius 1 is 0.643 bits per heavy atom. The van der Waals surface area contributed by atoms with Crippen LogP contribution >= 0.6 is 11.8 Å². The van der Waals surface area contributed by atoms with Crippen LogP contribution < -0.4 is 4.90 Å². The van der Waals surface area contributed by atoms with Crippen molar-refractivity contribution in [2.75, 3.05) is 4.90 Å². The van der Waals surface area contributed by atoms with Gasteiger partial charge in [-0.05, 0) is 24.3 Å². The van der Waals surface area contributed by atoms with Gasteiger partial charge in [0, 0.05) is 9.79 Å². The van der Waals surface area contributed by atoms with Crippen molar-refractivity contribution in [2.45, 2.75) is 16.0 Å². The average molecular weight is 415 g/mol. The number of nitrogens with zero attached hydrogens (tertiary/aromatic N) is 1. The summed E-state index contributed by atoms with van der Waals surface area (Å²) < 4.78 is 96.4. The van der Waals surface area contributed by atoms with Gasteiger partial charge in [0.25, 0.3) is 0 Å². The highest BCUT2D eigenvalue weighted by molar-refractivity contribution is 7.99. The first kappa shape index (κ1) is 18.7. The molecular formula is C19H8F7NS. The molecule has 1 aliphatic heterocycles. The average Bonchev–Trinajstić information content (AvgIpc) is 2.65. The Balaban J connectivity index is 2.06. The predicted octanol–water partition coefficient (Wildman–Crippen LogP) is 7.20. The molecule has 144 valence electrons. The van der Waals surface area contributed by atoms with E-state index in [2.05, 4.69) is 0 Å². The smallest absolute Gasteiger partial charge is 0.303 e. The molecule has 0 bridgehead atoms. The summed E-state index contributed by atoms with van der Waals surface area (Å²) in [6, 6.07) is 12.5. The molecule has 1 nitrogen and oxygen atoms in total. The molecule has 0 spiro atoms. The summed E-state index contributed by atoms with van der Waals surface area (Å²) in [6.45, 7) is 0. The Bertz CT molecular complexity index is 1020. The SMILES string of the molecule is Fc1c(F)c(C(F)(F)F)c(F)c(F)c1N1c2ccccc2Sc2ccccc21. The lowest BCUT2D eigenvalue weighted by atomic mass is 10.1. The fourth-order valence-electron chi connectivity index (χ4n) is 3.01. The summed E-state index contributed by atoms with van der Waals surface area (Å²) in [5.74, 6) is -9.23. The molecule has 1 heterocycles. The fraction of sp³-hybridized carbons (Fsp3) is 0.0526. The van der Waals surface area contributed by atoms with E-state index in [1.807, 2.05) is 0 Å². The minimum absolute atomic E-state index is 0.183. The van der Waals surface area contributed by atoms with Crippen LogP contribution in [0.25, 0.3) is 0 Å². The van der Waals surface area contributed by atoms with Crippen LogP contribution in [0.15, 0.2) is 58.3 Å². The number of hydrogen-bond donors (Lipinski definition) is 0. The van der Waals surface area contributed by atoms with Gasteiger partial charge in [0.1, 0.15) is 11.3 Å². The van der Waals surface area contributed by atoms with Crippen LogP contribution in [0, 0.1) is 23.3 Å². The van der Waals surface area contributed by atoms with Crippen LogP contribution in [0.4, 0.5) is 47.8 Å². The molecule has 3 aromatic rings. The molecule has 9 heteroatoms. The third-order valence-electron chi connectivity index (χ3n) is 4.18. The molecule has 0 unspecified atom stereocenters. The summed E-state index contributed by atoms with van der Waals surface area (Å²) >= 11 is 1.25. The summed E-state index contributed by atoms with van der Waals surface area (Å²) in [5.41, 5.74) is -3.48. The fourth-order valence-corrected chi connectivity index (χ4v) is 4.07. The third-order valence-corrected chi connectivity index (χ3v) is 5.31. The summed E-state index contributed by atoms with van der Waals surface area (Å²) in [7, 11) is 0. The van der Waals surface area contributed by atoms with Crippen LogP contribution in [-0.4, -0.2) is 0 Å². The van der Waals surface area contributed by atoms with Gasteiger partial charge in [-0.1, -0.05) is 36.0 Å². The second-order valence-corrected chi connectivity index (χ2v) is 6.93. The topological polar surface area (TPSA) is 3.24 Å². The molecule has 0 fully saturated rings. The Hall–Kier alpha value is -2.68. The molecule has 0 aliphatic carbocycles. The van der Waals surface area contributed by atoms with E-state index >= 15 is 0 Å². The van der Waals surface area contributed by atoms with Crippen LogP contribution in [0.5, 0.6) is 0 Å². The van der Waals surface area contributed by atoms with Crippen molar-refractivity contribution in [3.05, 3.63) is 77.4 Å². The van der Waals surface area contributed by atoms with Crippen molar-refractivity contribution in [3.63, 3.8) is 0 Å². The maximum atomic E-state index is 14.7. The second kappa shape index (κ2) is 6.44. The Morgan fingerprint density at radius 2 is 1.07 bits per heavy atom. The molecule has 0 saturated carbocycles. The Labute approximate surface area is 158 Å². The molecule has 0 radical (unpaired) electrons. The quantitative estimate of drug-likeness (QED) is 0.239. The van der Waals surface area contributed by atoms with Gasteiger partial charge in [-0.15, -0.1) is 0 Å². The van der Waals surface area contributed by atoms with Gasteiger partial charge in [-0.3, -0.25) is 0 Å². The Morgan fingerprint density at radius 3 is 1.50 bits per heavy atom. The molecule has 0 saturated heterocycles. The number of anilines is 3. The number of rotatable bonds is 1. The zero-order chi connectivity index (χ0) is 20.2. The van der Waals surface area contributed by atoms with Crippen molar-refractivity contribution in [2.24, 2.45) is 0 Å². The van der Waals surface area contributed by atoms with Gasteiger partial charge in [-0.2, -0.15) is 13.2 Å². The molecule has 1 aliphatic rings. The van der Waals surface area contributed by atoms with Crippen molar-refractivity contribution in [1.82, 2.24) is 0 Å². The first-order valence-corrected chi connectivity index (χ1v) is 8.62. The first-order valence-electron chi connectivity index (χ1n) is 7.81. The van der Waals surface area contributed by atoms with Crippen LogP contribution in [0.3, 0.4) is 0 Å². The second-order valence-electron chi connectivity index (χ2n) is 5.85. The van der Waals surface area contributed by atoms with Crippen molar-refractivity contribution in [1.29, 1.82) is 0 Å². The predicted molar refractivity (Wildman–Crippen MR) is 90.1 cm³/mol. The summed E-state index contributed by atoms with van der Waals surface area (Å²) in [6.07, 6.45) is -5.60. The molecule has 3 aromatic carbocycles. The highest BCUT2D eigenvalue weighted by atomic mass is 32.2. The number of hydrogen-bond acceptors (Lipinski definition) is 2. The number of benzene rings is 3. The van der Waals surface area contributed by atoms with Gasteiger partial charge in [0.2, 0.25) is 0 Å². The maximum absolute atomic E-state index is 14.7. The molecular weight excluding hydrogens is 407 g/mol. The first-order chi connectivity index (χ1) is 13.2. The van der Waals surface area contributed by atoms with Gasteiger partial charge in [-0.25, -0.2) is 17.6 Å². The maximum Gasteiger partial charge on any atom is 0.422 e. The van der Waals surface area contributed by atoms with Gasteiger partial charge in [0.15, 0.2) is 23.3 Å². The van der Waals surface area contributed by atoms with Gasteiger partial charge in [0.05, 0.1) is 11.4 Å². The minimum atomic E-state index is -5.60. The van der Waals surface area contributed by atoms with Gasteiger partial charge < -0.3 is 4.90 Å². The van der Waals surface area contributed by atoms with Crippen molar-refractivity contribution >= 4 is 28.8 Å². The standard InChI is InChI=1S/C19H8F7NS/c20-14-13(19(24,25)26)15(21)17(23)18(16(14)22)27-9-5-1-3-7-11(9)28-12-8-4-2-6-10(12)27/h1-8H. The summed E-state index contributed by atoms with van der Waals surface area (Å²) in [4.78, 5) is 1.92. The molecule has 0 amide bonds. The monoisotopic (exact) mass is 415 g/mol. The van der Waals surface area contributed by atoms with Crippen molar-refractivity contribution < 1.29 is 30.7 Å². The minimum Gasteiger partial charge on any atom is -0.303 e. The van der Waals surface area contributed by atoms with E-state index in [4.69, 9.17) is 0 Å². The van der Waals surface area contributed by atoms with E-state index in [-0.39, 0.29) is 11.4 Å². The number of halogens is 7. The van der Waals surface area contributed by atoms with E-state index in [1.54, 1.807) is 24.3 Å². The molecule has 0 N–H and O–H groups in total. The van der Waals surface area contributed by atoms with E-state index in [0.717, 1.165) is 4.90 Å². The van der Waals surface area contributed by atoms with Crippen molar-refractivity contribution in [3.8, 4) is 0 Å². The highest BCUT2D eigenvalue weighted by Gasteiger charge is 2.44. The lowest BCUT2D eigenvalue weighted by molar-refractivity contribution is -0.143. The molecule has 4 rings (SSSR count). The highest BCUT2D eigenvalue weighted by Crippen LogP contribution is 2.53. The lowest BCUT2D eigenvalue weighted by Crippen LogP contribution is -2.22. The zero-order valence-electron chi connectivity index (χ0n) is 13.6. The number of para-hydroxylation sites is 2. The van der Waals surface area contributed by atoms with E-state index in [0.29, 0.717) is 9.79 Å². The molecule has 0 aromatic heterocycles. The molecule has 28 heavy (non-hydrogen) atoms. The summed E-state index contributed by atoms with van der Waals surface area (Å²) in [5, 5.41) is 0. The third kappa shape index (κ3) is 2.72.